The number of carbonyl (C=O) groups is 2. The summed E-state index contributed by atoms with van der Waals surface area (Å²) in [5.74, 6) is 0.614. The molecule has 2 N–H and O–H groups in total. The molecule has 1 aromatic carbocycles. The van der Waals surface area contributed by atoms with E-state index < -0.39 is 11.9 Å². The first-order valence-electron chi connectivity index (χ1n) is 10.2. The van der Waals surface area contributed by atoms with Crippen LogP contribution in [0.25, 0.3) is 0 Å². The molecule has 1 aromatic rings. The molecule has 1 aliphatic carbocycles. The molecule has 0 aliphatic heterocycles. The smallest absolute Gasteiger partial charge is 0.428 e. The van der Waals surface area contributed by atoms with Crippen LogP contribution in [0.1, 0.15) is 52.0 Å². The second-order valence-electron chi connectivity index (χ2n) is 7.31. The highest BCUT2D eigenvalue weighted by Gasteiger charge is 2.26. The van der Waals surface area contributed by atoms with E-state index in [0.717, 1.165) is 36.5 Å². The SMILES string of the molecule is CCS/C(=N\NC(=O)OCc1ccccc1F)C1CCC(NC(=O)OC(C)C)CC1. The van der Waals surface area contributed by atoms with E-state index in [1.165, 1.54) is 6.07 Å². The van der Waals surface area contributed by atoms with Crippen molar-refractivity contribution in [1.29, 1.82) is 0 Å². The summed E-state index contributed by atoms with van der Waals surface area (Å²) in [6, 6.07) is 6.22. The van der Waals surface area contributed by atoms with Gasteiger partial charge in [-0.1, -0.05) is 25.1 Å². The minimum Gasteiger partial charge on any atom is -0.447 e. The van der Waals surface area contributed by atoms with Gasteiger partial charge in [-0.25, -0.2) is 19.4 Å². The molecule has 166 valence electrons. The molecule has 0 bridgehead atoms. The van der Waals surface area contributed by atoms with Crippen molar-refractivity contribution >= 4 is 29.0 Å². The Morgan fingerprint density at radius 2 is 1.90 bits per heavy atom. The molecule has 2 amide bonds. The molecule has 1 aliphatic rings. The number of rotatable bonds is 7. The molecule has 1 fully saturated rings. The molecular weight excluding hydrogens is 409 g/mol. The van der Waals surface area contributed by atoms with Crippen LogP contribution in [-0.4, -0.2) is 35.1 Å². The summed E-state index contributed by atoms with van der Waals surface area (Å²) in [4.78, 5) is 23.7. The first-order chi connectivity index (χ1) is 14.4. The van der Waals surface area contributed by atoms with E-state index in [-0.39, 0.29) is 30.8 Å². The van der Waals surface area contributed by atoms with Crippen molar-refractivity contribution in [2.24, 2.45) is 11.0 Å². The first kappa shape index (κ1) is 24.0. The maximum absolute atomic E-state index is 13.6. The predicted octanol–water partition coefficient (Wildman–Crippen LogP) is 4.81. The number of ether oxygens (including phenoxy) is 2. The maximum atomic E-state index is 13.6. The normalized spacial score (nSPS) is 19.3. The van der Waals surface area contributed by atoms with Gasteiger partial charge in [0, 0.05) is 17.5 Å². The second-order valence-corrected chi connectivity index (χ2v) is 8.59. The number of hydrazone groups is 1. The Balaban J connectivity index is 1.82. The van der Waals surface area contributed by atoms with Gasteiger partial charge in [0.05, 0.1) is 11.1 Å². The third kappa shape index (κ3) is 8.22. The van der Waals surface area contributed by atoms with Crippen molar-refractivity contribution < 1.29 is 23.5 Å². The molecule has 9 heteroatoms. The van der Waals surface area contributed by atoms with Gasteiger partial charge in [-0.2, -0.15) is 5.10 Å². The zero-order chi connectivity index (χ0) is 21.9. The van der Waals surface area contributed by atoms with Crippen molar-refractivity contribution in [2.75, 3.05) is 5.75 Å². The summed E-state index contributed by atoms with van der Waals surface area (Å²) in [6.45, 7) is 5.49. The zero-order valence-electron chi connectivity index (χ0n) is 17.7. The van der Waals surface area contributed by atoms with Gasteiger partial charge < -0.3 is 14.8 Å². The van der Waals surface area contributed by atoms with Crippen LogP contribution in [0, 0.1) is 11.7 Å². The fourth-order valence-corrected chi connectivity index (χ4v) is 4.06. The number of thioether (sulfide) groups is 1. The zero-order valence-corrected chi connectivity index (χ0v) is 18.5. The minimum atomic E-state index is -0.723. The van der Waals surface area contributed by atoms with Crippen molar-refractivity contribution in [3.63, 3.8) is 0 Å². The van der Waals surface area contributed by atoms with Crippen LogP contribution in [-0.2, 0) is 16.1 Å². The van der Waals surface area contributed by atoms with Gasteiger partial charge in [0.1, 0.15) is 12.4 Å². The van der Waals surface area contributed by atoms with Gasteiger partial charge in [0.2, 0.25) is 0 Å². The number of halogens is 1. The topological polar surface area (TPSA) is 89.0 Å². The van der Waals surface area contributed by atoms with Crippen LogP contribution in [0.2, 0.25) is 0 Å². The monoisotopic (exact) mass is 439 g/mol. The summed E-state index contributed by atoms with van der Waals surface area (Å²) in [7, 11) is 0. The van der Waals surface area contributed by atoms with Crippen molar-refractivity contribution in [3.8, 4) is 0 Å². The molecular formula is C21H30FN3O4S. The van der Waals surface area contributed by atoms with Gasteiger partial charge in [-0.15, -0.1) is 11.8 Å². The highest BCUT2D eigenvalue weighted by atomic mass is 32.2. The fourth-order valence-electron chi connectivity index (χ4n) is 3.18. The Bertz CT molecular complexity index is 737. The third-order valence-electron chi connectivity index (χ3n) is 4.61. The average molecular weight is 440 g/mol. The van der Waals surface area contributed by atoms with Gasteiger partial charge in [0.25, 0.3) is 0 Å². The Morgan fingerprint density at radius 1 is 1.20 bits per heavy atom. The van der Waals surface area contributed by atoms with Crippen LogP contribution < -0.4 is 10.7 Å². The van der Waals surface area contributed by atoms with E-state index in [1.54, 1.807) is 30.0 Å². The fraction of sp³-hybridized carbons (Fsp3) is 0.571. The largest absolute Gasteiger partial charge is 0.447 e. The lowest BCUT2D eigenvalue weighted by Gasteiger charge is -2.29. The standard InChI is InChI=1S/C21H30FN3O4S/c1-4-30-19(15-9-11-17(12-10-15)23-20(26)29-14(2)3)24-25-21(27)28-13-16-7-5-6-8-18(16)22/h5-8,14-15,17H,4,9-13H2,1-3H3,(H,23,26)(H,25,27)/b24-19-. The molecule has 0 heterocycles. The number of hydrogen-bond donors (Lipinski definition) is 2. The van der Waals surface area contributed by atoms with E-state index in [2.05, 4.69) is 15.8 Å². The molecule has 0 unspecified atom stereocenters. The third-order valence-corrected chi connectivity index (χ3v) is 5.62. The van der Waals surface area contributed by atoms with Crippen LogP contribution in [0.4, 0.5) is 14.0 Å². The lowest BCUT2D eigenvalue weighted by Crippen LogP contribution is -2.39. The predicted molar refractivity (Wildman–Crippen MR) is 116 cm³/mol. The Kier molecular flexibility index (Phi) is 9.93. The average Bonchev–Trinajstić information content (AvgIpc) is 2.70. The summed E-state index contributed by atoms with van der Waals surface area (Å²) in [6.07, 6.45) is 2.08. The molecule has 2 rings (SSSR count). The summed E-state index contributed by atoms with van der Waals surface area (Å²) < 4.78 is 23.8. The number of nitrogens with zero attached hydrogens (tertiary/aromatic N) is 1. The lowest BCUT2D eigenvalue weighted by molar-refractivity contribution is 0.109. The Labute approximate surface area is 181 Å². The molecule has 1 saturated carbocycles. The maximum Gasteiger partial charge on any atom is 0.428 e. The van der Waals surface area contributed by atoms with Crippen molar-refractivity contribution in [1.82, 2.24) is 10.7 Å². The van der Waals surface area contributed by atoms with Gasteiger partial charge in [-0.3, -0.25) is 0 Å². The highest BCUT2D eigenvalue weighted by Crippen LogP contribution is 2.29. The summed E-state index contributed by atoms with van der Waals surface area (Å²) >= 11 is 1.57. The molecule has 0 radical (unpaired) electrons. The molecule has 0 aromatic heterocycles. The molecule has 0 saturated heterocycles. The number of carbonyl (C=O) groups excluding carboxylic acids is 2. The van der Waals surface area contributed by atoms with Gasteiger partial charge in [0.15, 0.2) is 0 Å². The number of alkyl carbamates (subject to hydrolysis) is 1. The molecule has 7 nitrogen and oxygen atoms in total. The van der Waals surface area contributed by atoms with E-state index >= 15 is 0 Å². The first-order valence-corrected chi connectivity index (χ1v) is 11.2. The van der Waals surface area contributed by atoms with Crippen molar-refractivity contribution in [2.45, 2.75) is 65.2 Å². The molecule has 0 atom stereocenters. The van der Waals surface area contributed by atoms with E-state index in [0.29, 0.717) is 5.56 Å². The number of amides is 2. The van der Waals surface area contributed by atoms with Gasteiger partial charge >= 0.3 is 12.2 Å². The van der Waals surface area contributed by atoms with Crippen LogP contribution in [0.5, 0.6) is 0 Å². The second kappa shape index (κ2) is 12.4. The molecule has 30 heavy (non-hydrogen) atoms. The quantitative estimate of drug-likeness (QED) is 0.361. The van der Waals surface area contributed by atoms with Crippen LogP contribution in [0.15, 0.2) is 29.4 Å². The lowest BCUT2D eigenvalue weighted by atomic mass is 9.86. The van der Waals surface area contributed by atoms with Gasteiger partial charge in [-0.05, 0) is 51.3 Å². The number of hydrogen-bond acceptors (Lipinski definition) is 6. The van der Waals surface area contributed by atoms with E-state index in [1.807, 2.05) is 20.8 Å². The van der Waals surface area contributed by atoms with Crippen LogP contribution in [0.3, 0.4) is 0 Å². The van der Waals surface area contributed by atoms with E-state index in [4.69, 9.17) is 9.47 Å². The molecule has 0 spiro atoms. The Hall–Kier alpha value is -2.29. The Morgan fingerprint density at radius 3 is 2.53 bits per heavy atom. The summed E-state index contributed by atoms with van der Waals surface area (Å²) in [5.41, 5.74) is 2.72. The van der Waals surface area contributed by atoms with Crippen LogP contribution >= 0.6 is 11.8 Å². The minimum absolute atomic E-state index is 0.0825. The number of nitrogens with one attached hydrogen (secondary N) is 2. The summed E-state index contributed by atoms with van der Waals surface area (Å²) in [5, 5.41) is 7.98. The number of benzene rings is 1. The van der Waals surface area contributed by atoms with Crippen molar-refractivity contribution in [3.05, 3.63) is 35.6 Å². The van der Waals surface area contributed by atoms with E-state index in [9.17, 15) is 14.0 Å². The highest BCUT2D eigenvalue weighted by molar-refractivity contribution is 8.13.